The molecule has 0 saturated carbocycles. The highest BCUT2D eigenvalue weighted by atomic mass is 16.5. The number of aliphatic carboxylic acids is 1. The summed E-state index contributed by atoms with van der Waals surface area (Å²) in [5.41, 5.74) is -1.33. The number of carbonyl (C=O) groups is 1. The molecule has 0 aliphatic rings. The van der Waals surface area contributed by atoms with Gasteiger partial charge in [-0.1, -0.05) is 0 Å². The Kier molecular flexibility index (Phi) is 5.04. The number of aliphatic hydroxyl groups is 1. The number of carboxylic acid groups (broad SMARTS) is 1. The van der Waals surface area contributed by atoms with E-state index in [-0.39, 0.29) is 6.54 Å². The number of methoxy groups -OCH3 is 3. The zero-order chi connectivity index (χ0) is 15.3. The first kappa shape index (κ1) is 15.9. The Labute approximate surface area is 117 Å². The fourth-order valence-corrected chi connectivity index (χ4v) is 1.53. The van der Waals surface area contributed by atoms with Crippen LogP contribution in [-0.4, -0.2) is 49.7 Å². The van der Waals surface area contributed by atoms with Crippen LogP contribution in [0.15, 0.2) is 12.1 Å². The second-order valence-electron chi connectivity index (χ2n) is 4.35. The number of benzene rings is 1. The molecule has 0 aromatic heterocycles. The molecule has 0 spiro atoms. The van der Waals surface area contributed by atoms with Crippen LogP contribution in [0.1, 0.15) is 6.92 Å². The largest absolute Gasteiger partial charge is 0.493 e. The van der Waals surface area contributed by atoms with Gasteiger partial charge in [-0.2, -0.15) is 0 Å². The molecule has 0 radical (unpaired) electrons. The lowest BCUT2D eigenvalue weighted by molar-refractivity contribution is -0.155. The molecule has 1 aromatic rings. The van der Waals surface area contributed by atoms with E-state index in [0.29, 0.717) is 22.9 Å². The second-order valence-corrected chi connectivity index (χ2v) is 4.35. The molecule has 0 saturated heterocycles. The van der Waals surface area contributed by atoms with Crippen LogP contribution in [0, 0.1) is 0 Å². The summed E-state index contributed by atoms with van der Waals surface area (Å²) in [6.45, 7) is 1.04. The highest BCUT2D eigenvalue weighted by molar-refractivity contribution is 5.77. The first-order valence-corrected chi connectivity index (χ1v) is 5.85. The van der Waals surface area contributed by atoms with Crippen LogP contribution in [0.4, 0.5) is 5.69 Å². The van der Waals surface area contributed by atoms with E-state index >= 15 is 0 Å². The van der Waals surface area contributed by atoms with Gasteiger partial charge in [0.1, 0.15) is 0 Å². The molecule has 0 aliphatic heterocycles. The van der Waals surface area contributed by atoms with Crippen LogP contribution in [0.3, 0.4) is 0 Å². The minimum Gasteiger partial charge on any atom is -0.493 e. The zero-order valence-electron chi connectivity index (χ0n) is 11.9. The van der Waals surface area contributed by atoms with Gasteiger partial charge in [-0.25, -0.2) is 4.79 Å². The van der Waals surface area contributed by atoms with E-state index in [1.807, 2.05) is 0 Å². The van der Waals surface area contributed by atoms with Crippen LogP contribution in [-0.2, 0) is 4.79 Å². The van der Waals surface area contributed by atoms with E-state index in [2.05, 4.69) is 5.32 Å². The molecule has 0 fully saturated rings. The molecule has 0 aliphatic carbocycles. The van der Waals surface area contributed by atoms with Crippen LogP contribution in [0.25, 0.3) is 0 Å². The molecular formula is C13H19NO6. The average Bonchev–Trinajstić information content (AvgIpc) is 2.43. The summed E-state index contributed by atoms with van der Waals surface area (Å²) >= 11 is 0. The van der Waals surface area contributed by atoms with Crippen molar-refractivity contribution in [2.24, 2.45) is 0 Å². The quantitative estimate of drug-likeness (QED) is 0.686. The lowest BCUT2D eigenvalue weighted by atomic mass is 10.1. The maximum atomic E-state index is 10.8. The highest BCUT2D eigenvalue weighted by Gasteiger charge is 2.29. The Bertz CT molecular complexity index is 461. The topological polar surface area (TPSA) is 97.2 Å². The van der Waals surface area contributed by atoms with Gasteiger partial charge in [0.2, 0.25) is 5.75 Å². The molecule has 0 bridgehead atoms. The van der Waals surface area contributed by atoms with E-state index in [1.54, 1.807) is 12.1 Å². The Morgan fingerprint density at radius 3 is 2.05 bits per heavy atom. The monoisotopic (exact) mass is 285 g/mol. The smallest absolute Gasteiger partial charge is 0.337 e. The van der Waals surface area contributed by atoms with Crippen LogP contribution in [0.2, 0.25) is 0 Å². The predicted molar refractivity (Wildman–Crippen MR) is 72.8 cm³/mol. The minimum atomic E-state index is -1.87. The Hall–Kier alpha value is -2.15. The fraction of sp³-hybridized carbons (Fsp3) is 0.462. The van der Waals surface area contributed by atoms with E-state index in [1.165, 1.54) is 28.3 Å². The summed E-state index contributed by atoms with van der Waals surface area (Å²) < 4.78 is 15.5. The predicted octanol–water partition coefficient (Wildman–Crippen LogP) is 0.960. The number of ether oxygens (including phenoxy) is 3. The van der Waals surface area contributed by atoms with Gasteiger partial charge in [-0.3, -0.25) is 0 Å². The van der Waals surface area contributed by atoms with Crippen LogP contribution >= 0.6 is 0 Å². The molecule has 112 valence electrons. The van der Waals surface area contributed by atoms with Gasteiger partial charge in [-0.15, -0.1) is 0 Å². The van der Waals surface area contributed by atoms with Gasteiger partial charge < -0.3 is 29.7 Å². The zero-order valence-corrected chi connectivity index (χ0v) is 11.9. The molecule has 7 heteroatoms. The number of hydrogen-bond donors (Lipinski definition) is 3. The molecule has 1 atom stereocenters. The number of anilines is 1. The molecule has 3 N–H and O–H groups in total. The summed E-state index contributed by atoms with van der Waals surface area (Å²) in [5, 5.41) is 21.3. The Morgan fingerprint density at radius 2 is 1.70 bits per heavy atom. The number of nitrogens with one attached hydrogen (secondary N) is 1. The van der Waals surface area contributed by atoms with Crippen molar-refractivity contribution in [1.29, 1.82) is 0 Å². The van der Waals surface area contributed by atoms with Crippen molar-refractivity contribution in [1.82, 2.24) is 0 Å². The summed E-state index contributed by atoms with van der Waals surface area (Å²) in [6.07, 6.45) is 0. The SMILES string of the molecule is COc1cc(NCC(C)(O)C(=O)O)cc(OC)c1OC. The highest BCUT2D eigenvalue weighted by Crippen LogP contribution is 2.39. The van der Waals surface area contributed by atoms with Crippen molar-refractivity contribution in [3.8, 4) is 17.2 Å². The van der Waals surface area contributed by atoms with Crippen molar-refractivity contribution < 1.29 is 29.2 Å². The summed E-state index contributed by atoms with van der Waals surface area (Å²) in [6, 6.07) is 3.25. The number of carboxylic acids is 1. The first-order chi connectivity index (χ1) is 9.35. The summed E-state index contributed by atoms with van der Waals surface area (Å²) in [7, 11) is 4.45. The van der Waals surface area contributed by atoms with E-state index in [0.717, 1.165) is 0 Å². The molecule has 20 heavy (non-hydrogen) atoms. The number of hydrogen-bond acceptors (Lipinski definition) is 6. The lowest BCUT2D eigenvalue weighted by Crippen LogP contribution is -2.41. The third-order valence-corrected chi connectivity index (χ3v) is 2.76. The van der Waals surface area contributed by atoms with Crippen molar-refractivity contribution in [3.63, 3.8) is 0 Å². The summed E-state index contributed by atoms with van der Waals surface area (Å²) in [5.74, 6) is -0.00313. The molecule has 0 amide bonds. The van der Waals surface area contributed by atoms with Gasteiger partial charge in [-0.05, 0) is 6.92 Å². The standard InChI is InChI=1S/C13H19NO6/c1-13(17,12(15)16)7-14-8-5-9(18-2)11(20-4)10(6-8)19-3/h5-6,14,17H,7H2,1-4H3,(H,15,16). The Balaban J connectivity index is 3.00. The van der Waals surface area contributed by atoms with Crippen LogP contribution in [0.5, 0.6) is 17.2 Å². The van der Waals surface area contributed by atoms with E-state index in [9.17, 15) is 9.90 Å². The van der Waals surface area contributed by atoms with Crippen molar-refractivity contribution >= 4 is 11.7 Å². The van der Waals surface area contributed by atoms with Gasteiger partial charge >= 0.3 is 5.97 Å². The third kappa shape index (κ3) is 3.45. The number of rotatable bonds is 7. The first-order valence-electron chi connectivity index (χ1n) is 5.85. The molecule has 7 nitrogen and oxygen atoms in total. The van der Waals surface area contributed by atoms with Crippen LogP contribution < -0.4 is 19.5 Å². The molecule has 1 unspecified atom stereocenters. The third-order valence-electron chi connectivity index (χ3n) is 2.76. The van der Waals surface area contributed by atoms with E-state index < -0.39 is 11.6 Å². The Morgan fingerprint density at radius 1 is 1.20 bits per heavy atom. The molecule has 0 heterocycles. The maximum Gasteiger partial charge on any atom is 0.337 e. The summed E-state index contributed by atoms with van der Waals surface area (Å²) in [4.78, 5) is 10.8. The van der Waals surface area contributed by atoms with Gasteiger partial charge in [0, 0.05) is 17.8 Å². The second kappa shape index (κ2) is 6.33. The molecule has 1 aromatic carbocycles. The lowest BCUT2D eigenvalue weighted by Gasteiger charge is -2.20. The normalized spacial score (nSPS) is 13.2. The van der Waals surface area contributed by atoms with Gasteiger partial charge in [0.15, 0.2) is 17.1 Å². The maximum absolute atomic E-state index is 10.8. The van der Waals surface area contributed by atoms with Crippen molar-refractivity contribution in [2.45, 2.75) is 12.5 Å². The minimum absolute atomic E-state index is 0.166. The van der Waals surface area contributed by atoms with E-state index in [4.69, 9.17) is 19.3 Å². The van der Waals surface area contributed by atoms with Gasteiger partial charge in [0.05, 0.1) is 27.9 Å². The average molecular weight is 285 g/mol. The molecule has 1 rings (SSSR count). The van der Waals surface area contributed by atoms with Gasteiger partial charge in [0.25, 0.3) is 0 Å². The fourth-order valence-electron chi connectivity index (χ4n) is 1.53. The molecular weight excluding hydrogens is 266 g/mol. The van der Waals surface area contributed by atoms with Crippen molar-refractivity contribution in [2.75, 3.05) is 33.2 Å². The van der Waals surface area contributed by atoms with Crippen molar-refractivity contribution in [3.05, 3.63) is 12.1 Å².